The molecule has 78 valence electrons. The number of hydrogen-bond acceptors (Lipinski definition) is 6. The number of anilines is 1. The Morgan fingerprint density at radius 3 is 2.79 bits per heavy atom. The fourth-order valence-electron chi connectivity index (χ4n) is 0.728. The first-order chi connectivity index (χ1) is 6.59. The Morgan fingerprint density at radius 1 is 1.57 bits per heavy atom. The number of thioether (sulfide) groups is 1. The first-order valence-corrected chi connectivity index (χ1v) is 5.81. The smallest absolute Gasteiger partial charge is 0.222 e. The maximum atomic E-state index is 11.2. The summed E-state index contributed by atoms with van der Waals surface area (Å²) >= 11 is 2.85. The van der Waals surface area contributed by atoms with E-state index < -0.39 is 0 Å². The van der Waals surface area contributed by atoms with E-state index in [9.17, 15) is 4.79 Å². The molecule has 1 aromatic rings. The van der Waals surface area contributed by atoms with Gasteiger partial charge in [0.05, 0.1) is 0 Å². The molecule has 1 heterocycles. The quantitative estimate of drug-likeness (QED) is 0.773. The fraction of sp³-hybridized carbons (Fsp3) is 0.571. The average molecular weight is 232 g/mol. The van der Waals surface area contributed by atoms with Crippen LogP contribution in [-0.4, -0.2) is 40.9 Å². The van der Waals surface area contributed by atoms with Crippen LogP contribution in [0.3, 0.4) is 0 Å². The Bertz CT molecular complexity index is 312. The molecule has 0 aliphatic heterocycles. The molecule has 0 aliphatic rings. The van der Waals surface area contributed by atoms with E-state index in [0.717, 1.165) is 4.34 Å². The molecule has 5 nitrogen and oxygen atoms in total. The first-order valence-electron chi connectivity index (χ1n) is 4.01. The Kier molecular flexibility index (Phi) is 4.15. The van der Waals surface area contributed by atoms with Gasteiger partial charge in [-0.05, 0) is 0 Å². The van der Waals surface area contributed by atoms with Crippen molar-refractivity contribution >= 4 is 34.1 Å². The van der Waals surface area contributed by atoms with E-state index in [1.807, 2.05) is 0 Å². The maximum absolute atomic E-state index is 11.2. The molecule has 0 fully saturated rings. The van der Waals surface area contributed by atoms with Crippen LogP contribution in [0.5, 0.6) is 0 Å². The number of nitrogens with two attached hydrogens (primary N) is 1. The Balaban J connectivity index is 2.25. The zero-order valence-electron chi connectivity index (χ0n) is 8.06. The number of amides is 1. The highest BCUT2D eigenvalue weighted by molar-refractivity contribution is 8.01. The molecule has 0 radical (unpaired) electrons. The van der Waals surface area contributed by atoms with Crippen molar-refractivity contribution in [3.8, 4) is 0 Å². The summed E-state index contributed by atoms with van der Waals surface area (Å²) in [7, 11) is 3.49. The third-order valence-electron chi connectivity index (χ3n) is 1.46. The lowest BCUT2D eigenvalue weighted by Gasteiger charge is -2.08. The van der Waals surface area contributed by atoms with Crippen molar-refractivity contribution < 1.29 is 4.79 Å². The molecule has 0 aliphatic carbocycles. The molecule has 0 atom stereocenters. The molecule has 0 spiro atoms. The summed E-state index contributed by atoms with van der Waals surface area (Å²) in [6.45, 7) is 0. The molecule has 1 amide bonds. The third kappa shape index (κ3) is 3.51. The molecule has 0 bridgehead atoms. The number of nitrogens with zero attached hydrogens (tertiary/aromatic N) is 3. The van der Waals surface area contributed by atoms with E-state index in [0.29, 0.717) is 17.3 Å². The van der Waals surface area contributed by atoms with E-state index >= 15 is 0 Å². The minimum Gasteiger partial charge on any atom is -0.374 e. The summed E-state index contributed by atoms with van der Waals surface area (Å²) in [5, 5.41) is 7.98. The number of carbonyl (C=O) groups excluding carboxylic acids is 1. The van der Waals surface area contributed by atoms with Gasteiger partial charge in [0.1, 0.15) is 0 Å². The van der Waals surface area contributed by atoms with Crippen LogP contribution in [0.2, 0.25) is 0 Å². The molecular weight excluding hydrogens is 220 g/mol. The second-order valence-corrected chi connectivity index (χ2v) is 5.14. The monoisotopic (exact) mass is 232 g/mol. The minimum absolute atomic E-state index is 0.120. The summed E-state index contributed by atoms with van der Waals surface area (Å²) < 4.78 is 0.814. The molecule has 2 N–H and O–H groups in total. The molecule has 7 heteroatoms. The van der Waals surface area contributed by atoms with Gasteiger partial charge in [-0.2, -0.15) is 0 Å². The highest BCUT2D eigenvalue weighted by atomic mass is 32.2. The normalized spacial score (nSPS) is 10.1. The van der Waals surface area contributed by atoms with Gasteiger partial charge in [-0.1, -0.05) is 23.1 Å². The van der Waals surface area contributed by atoms with Crippen molar-refractivity contribution in [3.63, 3.8) is 0 Å². The lowest BCUT2D eigenvalue weighted by atomic mass is 10.4. The van der Waals surface area contributed by atoms with Gasteiger partial charge in [0.25, 0.3) is 0 Å². The predicted molar refractivity (Wildman–Crippen MR) is 58.4 cm³/mol. The van der Waals surface area contributed by atoms with Crippen LogP contribution in [0.15, 0.2) is 4.34 Å². The number of rotatable bonds is 4. The van der Waals surface area contributed by atoms with Crippen LogP contribution in [0.1, 0.15) is 6.42 Å². The van der Waals surface area contributed by atoms with Gasteiger partial charge in [0.15, 0.2) is 4.34 Å². The molecule has 0 unspecified atom stereocenters. The van der Waals surface area contributed by atoms with Gasteiger partial charge in [-0.3, -0.25) is 4.79 Å². The first kappa shape index (κ1) is 11.3. The van der Waals surface area contributed by atoms with Gasteiger partial charge in [0.2, 0.25) is 11.0 Å². The third-order valence-corrected chi connectivity index (χ3v) is 3.35. The van der Waals surface area contributed by atoms with Crippen LogP contribution >= 0.6 is 23.1 Å². The highest BCUT2D eigenvalue weighted by Crippen LogP contribution is 2.23. The minimum atomic E-state index is 0.120. The lowest BCUT2D eigenvalue weighted by Crippen LogP contribution is -2.21. The van der Waals surface area contributed by atoms with Gasteiger partial charge in [-0.25, -0.2) is 0 Å². The van der Waals surface area contributed by atoms with E-state index in [4.69, 9.17) is 5.73 Å². The fourth-order valence-corrected chi connectivity index (χ4v) is 2.36. The largest absolute Gasteiger partial charge is 0.374 e. The molecule has 1 rings (SSSR count). The van der Waals surface area contributed by atoms with E-state index in [1.54, 1.807) is 19.0 Å². The van der Waals surface area contributed by atoms with Gasteiger partial charge >= 0.3 is 0 Å². The SMILES string of the molecule is CN(C)C(=O)CCSc1nnc(N)s1. The summed E-state index contributed by atoms with van der Waals surface area (Å²) in [5.74, 6) is 0.834. The lowest BCUT2D eigenvalue weighted by molar-refractivity contribution is -0.128. The highest BCUT2D eigenvalue weighted by Gasteiger charge is 2.06. The number of carbonyl (C=O) groups is 1. The van der Waals surface area contributed by atoms with Crippen molar-refractivity contribution in [1.29, 1.82) is 0 Å². The van der Waals surface area contributed by atoms with Crippen LogP contribution in [0.4, 0.5) is 5.13 Å². The standard InChI is InChI=1S/C7H12N4OS2/c1-11(2)5(12)3-4-13-7-10-9-6(8)14-7/h3-4H2,1-2H3,(H2,8,9). The Hall–Kier alpha value is -0.820. The average Bonchev–Trinajstić information content (AvgIpc) is 2.51. The zero-order chi connectivity index (χ0) is 10.6. The van der Waals surface area contributed by atoms with Gasteiger partial charge in [0, 0.05) is 26.3 Å². The van der Waals surface area contributed by atoms with Crippen molar-refractivity contribution in [1.82, 2.24) is 15.1 Å². The molecule has 0 aromatic carbocycles. The van der Waals surface area contributed by atoms with Crippen LogP contribution in [0, 0.1) is 0 Å². The second kappa shape index (κ2) is 5.16. The van der Waals surface area contributed by atoms with Crippen molar-refractivity contribution in [2.75, 3.05) is 25.6 Å². The summed E-state index contributed by atoms with van der Waals surface area (Å²) in [6, 6.07) is 0. The van der Waals surface area contributed by atoms with Crippen LogP contribution in [-0.2, 0) is 4.79 Å². The van der Waals surface area contributed by atoms with Crippen LogP contribution < -0.4 is 5.73 Å². The Labute approximate surface area is 90.7 Å². The topological polar surface area (TPSA) is 72.1 Å². The second-order valence-electron chi connectivity index (χ2n) is 2.79. The number of nitrogen functional groups attached to an aromatic ring is 1. The molecule has 0 saturated carbocycles. The summed E-state index contributed by atoms with van der Waals surface area (Å²) in [4.78, 5) is 12.8. The van der Waals surface area contributed by atoms with Crippen molar-refractivity contribution in [3.05, 3.63) is 0 Å². The molecule has 1 aromatic heterocycles. The predicted octanol–water partition coefficient (Wildman–Crippen LogP) is 0.691. The molecule has 0 saturated heterocycles. The van der Waals surface area contributed by atoms with Gasteiger partial charge < -0.3 is 10.6 Å². The van der Waals surface area contributed by atoms with Gasteiger partial charge in [-0.15, -0.1) is 10.2 Å². The number of aromatic nitrogens is 2. The van der Waals surface area contributed by atoms with Crippen molar-refractivity contribution in [2.24, 2.45) is 0 Å². The van der Waals surface area contributed by atoms with E-state index in [1.165, 1.54) is 23.1 Å². The van der Waals surface area contributed by atoms with Crippen LogP contribution in [0.25, 0.3) is 0 Å². The number of hydrogen-bond donors (Lipinski definition) is 1. The van der Waals surface area contributed by atoms with Crippen molar-refractivity contribution in [2.45, 2.75) is 10.8 Å². The molecule has 14 heavy (non-hydrogen) atoms. The maximum Gasteiger partial charge on any atom is 0.222 e. The Morgan fingerprint density at radius 2 is 2.29 bits per heavy atom. The molecular formula is C7H12N4OS2. The zero-order valence-corrected chi connectivity index (χ0v) is 9.69. The van der Waals surface area contributed by atoms with E-state index in [-0.39, 0.29) is 5.91 Å². The summed E-state index contributed by atoms with van der Waals surface area (Å²) in [5.41, 5.74) is 5.41. The van der Waals surface area contributed by atoms with E-state index in [2.05, 4.69) is 10.2 Å². The summed E-state index contributed by atoms with van der Waals surface area (Å²) in [6.07, 6.45) is 0.511.